The number of aliphatic hydroxyl groups is 1. The summed E-state index contributed by atoms with van der Waals surface area (Å²) in [5.74, 6) is -0.845. The Bertz CT molecular complexity index is 1010. The van der Waals surface area contributed by atoms with E-state index in [9.17, 15) is 13.9 Å². The van der Waals surface area contributed by atoms with Gasteiger partial charge in [0.2, 0.25) is 0 Å². The van der Waals surface area contributed by atoms with Crippen LogP contribution in [-0.4, -0.2) is 36.7 Å². The van der Waals surface area contributed by atoms with Crippen molar-refractivity contribution in [3.8, 4) is 0 Å². The van der Waals surface area contributed by atoms with Crippen LogP contribution >= 0.6 is 0 Å². The fourth-order valence-electron chi connectivity index (χ4n) is 5.25. The van der Waals surface area contributed by atoms with E-state index in [0.29, 0.717) is 25.1 Å². The Morgan fingerprint density at radius 2 is 1.88 bits per heavy atom. The summed E-state index contributed by atoms with van der Waals surface area (Å²) in [6.07, 6.45) is 3.82. The highest BCUT2D eigenvalue weighted by atomic mass is 19.1. The molecule has 0 fully saturated rings. The molecular weight excluding hydrogens is 432 g/mol. The highest BCUT2D eigenvalue weighted by Gasteiger charge is 2.29. The summed E-state index contributed by atoms with van der Waals surface area (Å²) in [5, 5.41) is 18.0. The number of benzene rings is 2. The van der Waals surface area contributed by atoms with E-state index in [-0.39, 0.29) is 17.4 Å². The molecule has 3 atom stereocenters. The van der Waals surface area contributed by atoms with Gasteiger partial charge in [0.05, 0.1) is 12.6 Å². The number of aliphatic hydroxyl groups excluding tert-OH is 1. The van der Waals surface area contributed by atoms with Gasteiger partial charge in [-0.3, -0.25) is 4.99 Å². The van der Waals surface area contributed by atoms with Crippen LogP contribution in [0.4, 0.5) is 8.78 Å². The topological polar surface area (TPSA) is 56.6 Å². The number of hydrogen-bond acceptors (Lipinski definition) is 4. The van der Waals surface area contributed by atoms with Crippen molar-refractivity contribution < 1.29 is 13.9 Å². The molecule has 1 heterocycles. The Hall–Kier alpha value is -2.31. The molecule has 0 spiro atoms. The van der Waals surface area contributed by atoms with Crippen LogP contribution in [0.3, 0.4) is 0 Å². The monoisotopic (exact) mass is 469 g/mol. The molecule has 0 aromatic heterocycles. The van der Waals surface area contributed by atoms with Crippen LogP contribution in [0.1, 0.15) is 61.9 Å². The van der Waals surface area contributed by atoms with Crippen molar-refractivity contribution in [1.82, 2.24) is 10.6 Å². The molecule has 1 aliphatic heterocycles. The lowest BCUT2D eigenvalue weighted by Crippen LogP contribution is -2.43. The van der Waals surface area contributed by atoms with E-state index >= 15 is 0 Å². The first-order chi connectivity index (χ1) is 16.2. The van der Waals surface area contributed by atoms with Crippen LogP contribution in [0.25, 0.3) is 0 Å². The van der Waals surface area contributed by atoms with Crippen molar-refractivity contribution in [3.63, 3.8) is 0 Å². The first-order valence-corrected chi connectivity index (χ1v) is 12.4. The second-order valence-electron chi connectivity index (χ2n) is 11.0. The molecule has 2 aromatic rings. The lowest BCUT2D eigenvalue weighted by Gasteiger charge is -2.30. The molecule has 0 amide bonds. The number of nitrogens with one attached hydrogen (secondary N) is 2. The number of aryl methyl sites for hydroxylation is 1. The normalized spacial score (nSPS) is 19.8. The van der Waals surface area contributed by atoms with Crippen LogP contribution < -0.4 is 10.6 Å². The van der Waals surface area contributed by atoms with Crippen molar-refractivity contribution in [2.75, 3.05) is 19.6 Å². The third-order valence-corrected chi connectivity index (χ3v) is 6.73. The molecule has 0 radical (unpaired) electrons. The molecule has 3 N–H and O–H groups in total. The van der Waals surface area contributed by atoms with Crippen LogP contribution in [0.5, 0.6) is 0 Å². The Kier molecular flexibility index (Phi) is 7.68. The van der Waals surface area contributed by atoms with Gasteiger partial charge in [0, 0.05) is 31.1 Å². The lowest BCUT2D eigenvalue weighted by molar-refractivity contribution is 0.129. The van der Waals surface area contributed by atoms with Gasteiger partial charge in [0.25, 0.3) is 0 Å². The number of nitrogens with zero attached hydrogens (tertiary/aromatic N) is 1. The molecule has 0 saturated carbocycles. The summed E-state index contributed by atoms with van der Waals surface area (Å²) in [4.78, 5) is 4.50. The van der Waals surface area contributed by atoms with Gasteiger partial charge in [-0.2, -0.15) is 0 Å². The number of aliphatic imine (C=N–C) groups is 1. The number of amidine groups is 1. The summed E-state index contributed by atoms with van der Waals surface area (Å²) < 4.78 is 27.5. The zero-order valence-corrected chi connectivity index (χ0v) is 20.5. The highest BCUT2D eigenvalue weighted by molar-refractivity contribution is 5.86. The predicted octanol–water partition coefficient (Wildman–Crippen LogP) is 4.74. The highest BCUT2D eigenvalue weighted by Crippen LogP contribution is 2.32. The van der Waals surface area contributed by atoms with E-state index in [1.54, 1.807) is 0 Å². The summed E-state index contributed by atoms with van der Waals surface area (Å²) in [6, 6.07) is 10.6. The Morgan fingerprint density at radius 3 is 2.56 bits per heavy atom. The van der Waals surface area contributed by atoms with Gasteiger partial charge in [-0.15, -0.1) is 0 Å². The van der Waals surface area contributed by atoms with Gasteiger partial charge in [-0.05, 0) is 71.9 Å². The standard InChI is InChI=1S/C28H37F2N3O/c1-28(2,3)16-18-7-8-20-5-4-6-25(23(20)13-18)33-17-26(34)24(27-31-9-10-32-27)14-19-11-21(29)15-22(30)12-19/h7-8,11-13,15,24-26,33-34H,4-6,9-10,14,16-17H2,1-3H3,(H,31,32). The molecule has 184 valence electrons. The van der Waals surface area contributed by atoms with Crippen molar-refractivity contribution in [2.45, 2.75) is 65.0 Å². The van der Waals surface area contributed by atoms with Crippen molar-refractivity contribution in [2.24, 2.45) is 16.3 Å². The molecule has 34 heavy (non-hydrogen) atoms. The van der Waals surface area contributed by atoms with E-state index < -0.39 is 17.7 Å². The Labute approximate surface area is 201 Å². The van der Waals surface area contributed by atoms with Crippen molar-refractivity contribution in [1.29, 1.82) is 0 Å². The Balaban J connectivity index is 1.48. The Morgan fingerprint density at radius 1 is 1.12 bits per heavy atom. The summed E-state index contributed by atoms with van der Waals surface area (Å²) in [5.41, 5.74) is 4.80. The SMILES string of the molecule is CC(C)(C)Cc1ccc2c(c1)C(NCC(O)C(Cc1cc(F)cc(F)c1)C1=NCCN1)CCC2. The molecule has 4 rings (SSSR count). The van der Waals surface area contributed by atoms with Crippen LogP contribution in [0.2, 0.25) is 0 Å². The number of fused-ring (bicyclic) bond motifs is 1. The summed E-state index contributed by atoms with van der Waals surface area (Å²) >= 11 is 0. The fourth-order valence-corrected chi connectivity index (χ4v) is 5.25. The third kappa shape index (κ3) is 6.42. The summed E-state index contributed by atoms with van der Waals surface area (Å²) in [7, 11) is 0. The van der Waals surface area contributed by atoms with Gasteiger partial charge in [0.1, 0.15) is 17.5 Å². The molecular formula is C28H37F2N3O. The predicted molar refractivity (Wildman–Crippen MR) is 133 cm³/mol. The number of hydrogen-bond donors (Lipinski definition) is 3. The van der Waals surface area contributed by atoms with Gasteiger partial charge < -0.3 is 15.7 Å². The maximum atomic E-state index is 13.8. The number of halogens is 2. The minimum Gasteiger partial charge on any atom is -0.391 e. The van der Waals surface area contributed by atoms with E-state index in [2.05, 4.69) is 54.6 Å². The smallest absolute Gasteiger partial charge is 0.126 e. The second kappa shape index (κ2) is 10.5. The van der Waals surface area contributed by atoms with Crippen LogP contribution in [0, 0.1) is 23.0 Å². The molecule has 0 saturated heterocycles. The average Bonchev–Trinajstić information content (AvgIpc) is 3.28. The van der Waals surface area contributed by atoms with Gasteiger partial charge in [-0.25, -0.2) is 8.78 Å². The van der Waals surface area contributed by atoms with Gasteiger partial charge >= 0.3 is 0 Å². The van der Waals surface area contributed by atoms with E-state index in [1.807, 2.05) is 0 Å². The van der Waals surface area contributed by atoms with Crippen LogP contribution in [-0.2, 0) is 19.3 Å². The molecule has 0 bridgehead atoms. The van der Waals surface area contributed by atoms with E-state index in [0.717, 1.165) is 44.1 Å². The molecule has 2 aliphatic rings. The van der Waals surface area contributed by atoms with Crippen molar-refractivity contribution >= 4 is 5.84 Å². The van der Waals surface area contributed by atoms with Crippen LogP contribution in [0.15, 0.2) is 41.4 Å². The first kappa shape index (κ1) is 24.8. The van der Waals surface area contributed by atoms with E-state index in [1.165, 1.54) is 28.8 Å². The van der Waals surface area contributed by atoms with Gasteiger partial charge in [-0.1, -0.05) is 39.0 Å². The molecule has 6 heteroatoms. The molecule has 3 unspecified atom stereocenters. The van der Waals surface area contributed by atoms with Gasteiger partial charge in [0.15, 0.2) is 0 Å². The van der Waals surface area contributed by atoms with E-state index in [4.69, 9.17) is 0 Å². The molecule has 4 nitrogen and oxygen atoms in total. The minimum absolute atomic E-state index is 0.184. The largest absolute Gasteiger partial charge is 0.391 e. The lowest BCUT2D eigenvalue weighted by atomic mass is 9.82. The average molecular weight is 470 g/mol. The molecule has 2 aromatic carbocycles. The third-order valence-electron chi connectivity index (χ3n) is 6.73. The minimum atomic E-state index is -0.737. The van der Waals surface area contributed by atoms with Crippen molar-refractivity contribution in [3.05, 3.63) is 70.3 Å². The summed E-state index contributed by atoms with van der Waals surface area (Å²) in [6.45, 7) is 8.51. The fraction of sp³-hybridized carbons (Fsp3) is 0.536. The second-order valence-corrected chi connectivity index (χ2v) is 11.0. The molecule has 1 aliphatic carbocycles. The zero-order chi connectivity index (χ0) is 24.3. The maximum absolute atomic E-state index is 13.8. The maximum Gasteiger partial charge on any atom is 0.126 e. The number of rotatable bonds is 8. The first-order valence-electron chi connectivity index (χ1n) is 12.4. The quantitative estimate of drug-likeness (QED) is 0.523. The zero-order valence-electron chi connectivity index (χ0n) is 20.5.